The molecule has 5 rings (SSSR count). The normalized spacial score (nSPS) is 16.5. The van der Waals surface area contributed by atoms with Crippen molar-refractivity contribution in [3.05, 3.63) is 103 Å². The van der Waals surface area contributed by atoms with Crippen molar-refractivity contribution in [3.8, 4) is 0 Å². The van der Waals surface area contributed by atoms with E-state index in [-0.39, 0.29) is 5.76 Å². The number of aromatic nitrogens is 2. The number of fused-ring (bicyclic) bond motifs is 4. The van der Waals surface area contributed by atoms with Crippen molar-refractivity contribution in [1.29, 1.82) is 0 Å². The topological polar surface area (TPSA) is 98.3 Å². The van der Waals surface area contributed by atoms with Gasteiger partial charge in [0.25, 0.3) is 11.4 Å². The maximum atomic E-state index is 13.1. The first-order valence-electron chi connectivity index (χ1n) is 10.2. The lowest BCUT2D eigenvalue weighted by atomic mass is 9.81. The molecule has 1 aliphatic heterocycles. The number of nitrogens with one attached hydrogen (secondary N) is 2. The van der Waals surface area contributed by atoms with Crippen LogP contribution in [0.25, 0.3) is 5.76 Å². The Labute approximate surface area is 178 Å². The lowest BCUT2D eigenvalue weighted by Crippen LogP contribution is -2.72. The van der Waals surface area contributed by atoms with E-state index >= 15 is 0 Å². The van der Waals surface area contributed by atoms with Crippen LogP contribution in [0, 0.1) is 0 Å². The smallest absolute Gasteiger partial charge is 0.415 e. The van der Waals surface area contributed by atoms with Crippen LogP contribution in [0.15, 0.2) is 69.8 Å². The molecule has 0 saturated carbocycles. The summed E-state index contributed by atoms with van der Waals surface area (Å²) >= 11 is 0. The molecule has 1 atom stereocenters. The third-order valence-electron chi connectivity index (χ3n) is 5.90. The predicted octanol–water partition coefficient (Wildman–Crippen LogP) is 1.20. The molecule has 31 heavy (non-hydrogen) atoms. The van der Waals surface area contributed by atoms with Crippen LogP contribution in [0.2, 0.25) is 0 Å². The molecule has 2 heterocycles. The van der Waals surface area contributed by atoms with Crippen molar-refractivity contribution in [2.75, 3.05) is 13.7 Å². The van der Waals surface area contributed by atoms with Crippen LogP contribution in [-0.2, 0) is 11.3 Å². The largest absolute Gasteiger partial charge is 0.507 e. The molecule has 3 aromatic rings. The van der Waals surface area contributed by atoms with Crippen molar-refractivity contribution in [3.63, 3.8) is 0 Å². The minimum Gasteiger partial charge on any atom is -0.507 e. The summed E-state index contributed by atoms with van der Waals surface area (Å²) in [7, 11) is 1.61. The average molecular weight is 416 g/mol. The van der Waals surface area contributed by atoms with E-state index in [1.54, 1.807) is 11.7 Å². The zero-order valence-corrected chi connectivity index (χ0v) is 17.0. The third kappa shape index (κ3) is 2.97. The van der Waals surface area contributed by atoms with Crippen LogP contribution in [0.3, 0.4) is 0 Å². The first-order valence-corrected chi connectivity index (χ1v) is 10.2. The summed E-state index contributed by atoms with van der Waals surface area (Å²) in [5.74, 6) is 0.0916. The number of benzene rings is 2. The summed E-state index contributed by atoms with van der Waals surface area (Å²) in [6.45, 7) is 0.883. The lowest BCUT2D eigenvalue weighted by molar-refractivity contribution is -0.364. The van der Waals surface area contributed by atoms with Gasteiger partial charge in [0.05, 0.1) is 18.0 Å². The van der Waals surface area contributed by atoms with E-state index in [1.807, 2.05) is 54.6 Å². The quantitative estimate of drug-likeness (QED) is 0.545. The highest BCUT2D eigenvalue weighted by Gasteiger charge is 2.44. The number of aromatic amines is 1. The maximum Gasteiger partial charge on any atom is 0.415 e. The van der Waals surface area contributed by atoms with Gasteiger partial charge in [0.15, 0.2) is 0 Å². The SMILES string of the molecule is COCCCn1c2c(c(=O)[nH]c1=O)C(c1ccccc1)C1=C(O)c3ccccc3C1=[NH+]2. The molecule has 1 unspecified atom stereocenters. The molecule has 0 bridgehead atoms. The monoisotopic (exact) mass is 416 g/mol. The second-order valence-electron chi connectivity index (χ2n) is 7.67. The summed E-state index contributed by atoms with van der Waals surface area (Å²) in [6, 6.07) is 17.1. The minimum atomic E-state index is -0.516. The fourth-order valence-electron chi connectivity index (χ4n) is 4.54. The van der Waals surface area contributed by atoms with Crippen LogP contribution in [0.5, 0.6) is 0 Å². The first kappa shape index (κ1) is 19.3. The van der Waals surface area contributed by atoms with Crippen molar-refractivity contribution in [2.45, 2.75) is 18.9 Å². The molecule has 7 nitrogen and oxygen atoms in total. The number of aliphatic hydroxyl groups is 1. The van der Waals surface area contributed by atoms with Crippen LogP contribution in [0.1, 0.15) is 34.6 Å². The fraction of sp³-hybridized carbons (Fsp3) is 0.208. The summed E-state index contributed by atoms with van der Waals surface area (Å²) in [5.41, 5.74) is 3.28. The highest BCUT2D eigenvalue weighted by Crippen LogP contribution is 2.43. The van der Waals surface area contributed by atoms with E-state index < -0.39 is 17.2 Å². The highest BCUT2D eigenvalue weighted by atomic mass is 16.5. The van der Waals surface area contributed by atoms with Gasteiger partial charge in [-0.2, -0.15) is 4.57 Å². The molecule has 1 aliphatic carbocycles. The van der Waals surface area contributed by atoms with Gasteiger partial charge in [0, 0.05) is 31.3 Å². The van der Waals surface area contributed by atoms with Gasteiger partial charge >= 0.3 is 5.69 Å². The van der Waals surface area contributed by atoms with E-state index in [9.17, 15) is 14.7 Å². The summed E-state index contributed by atoms with van der Waals surface area (Å²) in [5, 5.41) is 11.1. The fourth-order valence-corrected chi connectivity index (χ4v) is 4.54. The second kappa shape index (κ2) is 7.52. The van der Waals surface area contributed by atoms with Gasteiger partial charge in [0.2, 0.25) is 0 Å². The number of hydrogen-bond acceptors (Lipinski definition) is 4. The van der Waals surface area contributed by atoms with Gasteiger partial charge in [-0.3, -0.25) is 9.78 Å². The highest BCUT2D eigenvalue weighted by molar-refractivity contribution is 6.21. The lowest BCUT2D eigenvalue weighted by Gasteiger charge is -2.23. The zero-order chi connectivity index (χ0) is 21.5. The number of ether oxygens (including phenoxy) is 1. The average Bonchev–Trinajstić information content (AvgIpc) is 3.07. The van der Waals surface area contributed by atoms with Crippen LogP contribution >= 0.6 is 0 Å². The summed E-state index contributed by atoms with van der Waals surface area (Å²) in [6.07, 6.45) is 0.618. The third-order valence-corrected chi connectivity index (χ3v) is 5.90. The Kier molecular flexibility index (Phi) is 4.67. The summed E-state index contributed by atoms with van der Waals surface area (Å²) in [4.78, 5) is 31.6. The molecule has 2 aromatic carbocycles. The molecule has 1 aromatic heterocycles. The number of hydrogen-bond donors (Lipinski definition) is 3. The molecular weight excluding hydrogens is 394 g/mol. The van der Waals surface area contributed by atoms with E-state index in [2.05, 4.69) is 9.98 Å². The van der Waals surface area contributed by atoms with Crippen LogP contribution in [-0.4, -0.2) is 34.1 Å². The number of allylic oxidation sites excluding steroid dienone is 1. The Balaban J connectivity index is 1.84. The van der Waals surface area contributed by atoms with Crippen molar-refractivity contribution in [1.82, 2.24) is 9.55 Å². The van der Waals surface area contributed by atoms with Gasteiger partial charge < -0.3 is 9.84 Å². The number of methoxy groups -OCH3 is 1. The molecule has 0 radical (unpaired) electrons. The number of aliphatic hydroxyl groups excluding tert-OH is 1. The Bertz CT molecular complexity index is 1350. The molecule has 0 fully saturated rings. The summed E-state index contributed by atoms with van der Waals surface area (Å²) < 4.78 is 6.69. The molecule has 3 N–H and O–H groups in total. The van der Waals surface area contributed by atoms with E-state index in [1.165, 1.54) is 0 Å². The molecular formula is C24H22N3O4+. The minimum absolute atomic E-state index is 0.147. The van der Waals surface area contributed by atoms with E-state index in [0.29, 0.717) is 42.1 Å². The van der Waals surface area contributed by atoms with Gasteiger partial charge in [0.1, 0.15) is 17.0 Å². The van der Waals surface area contributed by atoms with Crippen LogP contribution in [0.4, 0.5) is 5.82 Å². The maximum absolute atomic E-state index is 13.1. The second-order valence-corrected chi connectivity index (χ2v) is 7.67. The van der Waals surface area contributed by atoms with Gasteiger partial charge in [-0.05, 0) is 11.6 Å². The molecule has 156 valence electrons. The molecule has 0 amide bonds. The number of nitrogens with zero attached hydrogens (tertiary/aromatic N) is 1. The molecule has 0 spiro atoms. The van der Waals surface area contributed by atoms with Gasteiger partial charge in [-0.15, -0.1) is 0 Å². The standard InChI is InChI=1S/C24H21N3O4/c1-31-13-7-12-27-22-19(23(29)26-24(27)30)17(14-8-3-2-4-9-14)18-20(25-22)15-10-5-6-11-16(15)21(18)28/h2-6,8-11,17,28H,7,12-13H2,1H3,(H,26,29,30)/p+1. The van der Waals surface area contributed by atoms with Crippen molar-refractivity contribution in [2.24, 2.45) is 0 Å². The Morgan fingerprint density at radius 3 is 2.52 bits per heavy atom. The first-order chi connectivity index (χ1) is 15.1. The van der Waals surface area contributed by atoms with E-state index in [4.69, 9.17) is 4.74 Å². The van der Waals surface area contributed by atoms with Gasteiger partial charge in [-0.25, -0.2) is 9.79 Å². The van der Waals surface area contributed by atoms with Gasteiger partial charge in [-0.1, -0.05) is 48.5 Å². The number of H-pyrrole nitrogens is 1. The van der Waals surface area contributed by atoms with Crippen LogP contribution < -0.4 is 16.2 Å². The zero-order valence-electron chi connectivity index (χ0n) is 17.0. The molecule has 0 saturated heterocycles. The van der Waals surface area contributed by atoms with E-state index in [0.717, 1.165) is 16.8 Å². The predicted molar refractivity (Wildman–Crippen MR) is 117 cm³/mol. The Hall–Kier alpha value is -3.71. The molecule has 2 aliphatic rings. The number of rotatable bonds is 5. The molecule has 7 heteroatoms. The Morgan fingerprint density at radius 1 is 1.06 bits per heavy atom. The van der Waals surface area contributed by atoms with Crippen molar-refractivity contribution >= 4 is 17.3 Å². The van der Waals surface area contributed by atoms with Crippen molar-refractivity contribution < 1.29 is 14.8 Å². The Morgan fingerprint density at radius 2 is 1.77 bits per heavy atom.